The van der Waals surface area contributed by atoms with Gasteiger partial charge in [0.15, 0.2) is 0 Å². The maximum absolute atomic E-state index is 11.6. The highest BCUT2D eigenvalue weighted by molar-refractivity contribution is 7.88. The molecule has 1 unspecified atom stereocenters. The van der Waals surface area contributed by atoms with Gasteiger partial charge in [-0.25, -0.2) is 13.1 Å². The van der Waals surface area contributed by atoms with Crippen molar-refractivity contribution in [1.29, 1.82) is 0 Å². The molecule has 3 rings (SSSR count). The molecular weight excluding hydrogens is 324 g/mol. The van der Waals surface area contributed by atoms with Crippen molar-refractivity contribution in [3.63, 3.8) is 0 Å². The maximum Gasteiger partial charge on any atom is 0.208 e. The third-order valence-corrected chi connectivity index (χ3v) is 4.76. The van der Waals surface area contributed by atoms with Crippen molar-refractivity contribution in [3.8, 4) is 5.75 Å². The number of nitrogens with one attached hydrogen (secondary N) is 2. The summed E-state index contributed by atoms with van der Waals surface area (Å²) in [5.41, 5.74) is 3.12. The number of hydrogen-bond acceptors (Lipinski definition) is 3. The van der Waals surface area contributed by atoms with Gasteiger partial charge in [0.1, 0.15) is 5.75 Å². The minimum Gasteiger partial charge on any atom is -0.497 e. The van der Waals surface area contributed by atoms with E-state index in [2.05, 4.69) is 9.71 Å². The van der Waals surface area contributed by atoms with Gasteiger partial charge in [-0.3, -0.25) is 0 Å². The number of ether oxygens (including phenoxy) is 1. The summed E-state index contributed by atoms with van der Waals surface area (Å²) in [6, 6.07) is 15.7. The average Bonchev–Trinajstić information content (AvgIpc) is 2.99. The zero-order valence-corrected chi connectivity index (χ0v) is 14.4. The third-order valence-electron chi connectivity index (χ3n) is 4.06. The lowest BCUT2D eigenvalue weighted by molar-refractivity contribution is 0.414. The molecule has 0 radical (unpaired) electrons. The molecule has 2 aromatic carbocycles. The van der Waals surface area contributed by atoms with Gasteiger partial charge in [0.2, 0.25) is 10.0 Å². The van der Waals surface area contributed by atoms with Crippen LogP contribution in [0.4, 0.5) is 0 Å². The minimum absolute atomic E-state index is 0.0956. The molecule has 0 amide bonds. The van der Waals surface area contributed by atoms with Crippen LogP contribution >= 0.6 is 0 Å². The highest BCUT2D eigenvalue weighted by atomic mass is 32.2. The molecule has 0 saturated heterocycles. The predicted octanol–water partition coefficient (Wildman–Crippen LogP) is 2.86. The Morgan fingerprint density at radius 3 is 2.50 bits per heavy atom. The number of para-hydroxylation sites is 1. The van der Waals surface area contributed by atoms with Crippen LogP contribution in [0.3, 0.4) is 0 Å². The summed E-state index contributed by atoms with van der Waals surface area (Å²) in [4.78, 5) is 3.26. The second kappa shape index (κ2) is 6.67. The van der Waals surface area contributed by atoms with Gasteiger partial charge in [0.25, 0.3) is 0 Å². The smallest absolute Gasteiger partial charge is 0.208 e. The monoisotopic (exact) mass is 344 g/mol. The van der Waals surface area contributed by atoms with E-state index in [-0.39, 0.29) is 5.92 Å². The molecule has 126 valence electrons. The van der Waals surface area contributed by atoms with Crippen LogP contribution < -0.4 is 9.46 Å². The number of aromatic nitrogens is 1. The molecule has 1 heterocycles. The molecule has 2 N–H and O–H groups in total. The fourth-order valence-electron chi connectivity index (χ4n) is 2.86. The lowest BCUT2D eigenvalue weighted by Crippen LogP contribution is -2.27. The van der Waals surface area contributed by atoms with Gasteiger partial charge in [-0.15, -0.1) is 0 Å². The largest absolute Gasteiger partial charge is 0.497 e. The van der Waals surface area contributed by atoms with Crippen LogP contribution in [0.5, 0.6) is 5.75 Å². The summed E-state index contributed by atoms with van der Waals surface area (Å²) in [5.74, 6) is 0.675. The van der Waals surface area contributed by atoms with Crippen molar-refractivity contribution in [3.05, 3.63) is 65.9 Å². The average molecular weight is 344 g/mol. The standard InChI is InChI=1S/C18H20N2O3S/c1-23-14-9-7-13(8-10-14)16(12-20-24(2,21)22)17-11-19-18-6-4-3-5-15(17)18/h3-11,16,19-20H,12H2,1-2H3. The SMILES string of the molecule is COc1ccc(C(CNS(C)(=O)=O)c2c[nH]c3ccccc23)cc1. The van der Waals surface area contributed by atoms with Crippen LogP contribution in [-0.4, -0.2) is 33.3 Å². The molecule has 0 bridgehead atoms. The molecule has 0 saturated carbocycles. The van der Waals surface area contributed by atoms with Crippen LogP contribution in [-0.2, 0) is 10.0 Å². The predicted molar refractivity (Wildman–Crippen MR) is 96.0 cm³/mol. The first-order valence-electron chi connectivity index (χ1n) is 7.62. The summed E-state index contributed by atoms with van der Waals surface area (Å²) in [6.07, 6.45) is 3.12. The third kappa shape index (κ3) is 3.60. The molecule has 24 heavy (non-hydrogen) atoms. The second-order valence-electron chi connectivity index (χ2n) is 5.74. The Labute approximate surface area is 141 Å². The zero-order chi connectivity index (χ0) is 17.2. The fourth-order valence-corrected chi connectivity index (χ4v) is 3.33. The van der Waals surface area contributed by atoms with E-state index in [0.29, 0.717) is 6.54 Å². The number of aromatic amines is 1. The number of methoxy groups -OCH3 is 1. The van der Waals surface area contributed by atoms with Gasteiger partial charge in [0, 0.05) is 29.6 Å². The van der Waals surface area contributed by atoms with Crippen molar-refractivity contribution in [2.75, 3.05) is 19.9 Å². The van der Waals surface area contributed by atoms with E-state index < -0.39 is 10.0 Å². The molecule has 3 aromatic rings. The van der Waals surface area contributed by atoms with Crippen LogP contribution in [0.1, 0.15) is 17.0 Å². The summed E-state index contributed by atoms with van der Waals surface area (Å²) >= 11 is 0. The molecule has 0 aliphatic rings. The van der Waals surface area contributed by atoms with E-state index in [1.54, 1.807) is 7.11 Å². The minimum atomic E-state index is -3.27. The number of H-pyrrole nitrogens is 1. The van der Waals surface area contributed by atoms with Gasteiger partial charge in [-0.05, 0) is 29.3 Å². The van der Waals surface area contributed by atoms with Gasteiger partial charge in [-0.1, -0.05) is 30.3 Å². The van der Waals surface area contributed by atoms with E-state index in [4.69, 9.17) is 4.74 Å². The van der Waals surface area contributed by atoms with E-state index in [1.807, 2.05) is 54.7 Å². The van der Waals surface area contributed by atoms with Crippen LogP contribution in [0.2, 0.25) is 0 Å². The molecule has 1 atom stereocenters. The molecular formula is C18H20N2O3S. The van der Waals surface area contributed by atoms with Gasteiger partial charge in [-0.2, -0.15) is 0 Å². The Hall–Kier alpha value is -2.31. The molecule has 5 nitrogen and oxygen atoms in total. The van der Waals surface area contributed by atoms with E-state index in [9.17, 15) is 8.42 Å². The normalized spacial score (nSPS) is 13.1. The van der Waals surface area contributed by atoms with Crippen molar-refractivity contribution in [1.82, 2.24) is 9.71 Å². The highest BCUT2D eigenvalue weighted by Crippen LogP contribution is 2.31. The van der Waals surface area contributed by atoms with Gasteiger partial charge in [0.05, 0.1) is 13.4 Å². The summed E-state index contributed by atoms with van der Waals surface area (Å²) in [5, 5.41) is 1.09. The van der Waals surface area contributed by atoms with Crippen molar-refractivity contribution in [2.24, 2.45) is 0 Å². The lowest BCUT2D eigenvalue weighted by atomic mass is 9.91. The summed E-state index contributed by atoms with van der Waals surface area (Å²) in [6.45, 7) is 0.299. The van der Waals surface area contributed by atoms with Crippen molar-refractivity contribution in [2.45, 2.75) is 5.92 Å². The maximum atomic E-state index is 11.6. The van der Waals surface area contributed by atoms with Gasteiger partial charge < -0.3 is 9.72 Å². The van der Waals surface area contributed by atoms with Gasteiger partial charge >= 0.3 is 0 Å². The topological polar surface area (TPSA) is 71.2 Å². The molecule has 0 spiro atoms. The van der Waals surface area contributed by atoms with E-state index in [0.717, 1.165) is 27.8 Å². The fraction of sp³-hybridized carbons (Fsp3) is 0.222. The summed E-state index contributed by atoms with van der Waals surface area (Å²) in [7, 11) is -1.65. The summed E-state index contributed by atoms with van der Waals surface area (Å²) < 4.78 is 31.0. The van der Waals surface area contributed by atoms with E-state index in [1.165, 1.54) is 6.26 Å². The molecule has 6 heteroatoms. The molecule has 0 aliphatic heterocycles. The van der Waals surface area contributed by atoms with Crippen LogP contribution in [0.25, 0.3) is 10.9 Å². The zero-order valence-electron chi connectivity index (χ0n) is 13.6. The lowest BCUT2D eigenvalue weighted by Gasteiger charge is -2.18. The number of sulfonamides is 1. The number of rotatable bonds is 6. The first kappa shape index (κ1) is 16.5. The number of hydrogen-bond donors (Lipinski definition) is 2. The Balaban J connectivity index is 2.03. The van der Waals surface area contributed by atoms with E-state index >= 15 is 0 Å². The number of benzene rings is 2. The van der Waals surface area contributed by atoms with Crippen molar-refractivity contribution >= 4 is 20.9 Å². The van der Waals surface area contributed by atoms with Crippen LogP contribution in [0.15, 0.2) is 54.7 Å². The number of fused-ring (bicyclic) bond motifs is 1. The molecule has 1 aromatic heterocycles. The Kier molecular flexibility index (Phi) is 4.59. The Morgan fingerprint density at radius 2 is 1.83 bits per heavy atom. The Morgan fingerprint density at radius 1 is 1.12 bits per heavy atom. The molecule has 0 fully saturated rings. The highest BCUT2D eigenvalue weighted by Gasteiger charge is 2.19. The van der Waals surface area contributed by atoms with Crippen molar-refractivity contribution < 1.29 is 13.2 Å². The second-order valence-corrected chi connectivity index (χ2v) is 7.57. The quantitative estimate of drug-likeness (QED) is 0.722. The first-order valence-corrected chi connectivity index (χ1v) is 9.51. The van der Waals surface area contributed by atoms with Crippen LogP contribution in [0, 0.1) is 0 Å². The Bertz CT molecular complexity index is 930. The first-order chi connectivity index (χ1) is 11.5. The molecule has 0 aliphatic carbocycles.